The van der Waals surface area contributed by atoms with E-state index in [0.29, 0.717) is 28.6 Å². The lowest BCUT2D eigenvalue weighted by molar-refractivity contribution is 0.0949. The molecule has 0 atom stereocenters. The Hall–Kier alpha value is -2.73. The number of benzene rings is 1. The standard InChI is InChI=1S/C17H16ClN3O3/c1-23-14-5-11(6-15(7-14)24-2)17(22)19-8-13-10-21-9-12(18)3-4-16(21)20-13/h3-7,9-10H,8H2,1-2H3,(H,19,22). The molecule has 0 saturated heterocycles. The highest BCUT2D eigenvalue weighted by atomic mass is 35.5. The average Bonchev–Trinajstić information content (AvgIpc) is 3.01. The van der Waals surface area contributed by atoms with Crippen LogP contribution in [-0.2, 0) is 6.54 Å². The number of carbonyl (C=O) groups excluding carboxylic acids is 1. The molecule has 0 bridgehead atoms. The van der Waals surface area contributed by atoms with E-state index in [2.05, 4.69) is 10.3 Å². The number of carbonyl (C=O) groups is 1. The van der Waals surface area contributed by atoms with E-state index < -0.39 is 0 Å². The van der Waals surface area contributed by atoms with E-state index in [1.807, 2.05) is 16.7 Å². The second kappa shape index (κ2) is 6.80. The third kappa shape index (κ3) is 3.44. The monoisotopic (exact) mass is 345 g/mol. The fraction of sp³-hybridized carbons (Fsp3) is 0.176. The van der Waals surface area contributed by atoms with Gasteiger partial charge in [0.25, 0.3) is 5.91 Å². The van der Waals surface area contributed by atoms with Crippen LogP contribution in [0.2, 0.25) is 5.02 Å². The summed E-state index contributed by atoms with van der Waals surface area (Å²) in [6, 6.07) is 8.61. The number of amides is 1. The van der Waals surface area contributed by atoms with Crippen molar-refractivity contribution in [1.82, 2.24) is 14.7 Å². The van der Waals surface area contributed by atoms with Crippen molar-refractivity contribution in [3.8, 4) is 11.5 Å². The van der Waals surface area contributed by atoms with Crippen LogP contribution in [0.4, 0.5) is 0 Å². The molecule has 1 N–H and O–H groups in total. The largest absolute Gasteiger partial charge is 0.497 e. The number of pyridine rings is 1. The van der Waals surface area contributed by atoms with Crippen LogP contribution < -0.4 is 14.8 Å². The highest BCUT2D eigenvalue weighted by molar-refractivity contribution is 6.30. The van der Waals surface area contributed by atoms with Crippen LogP contribution in [0, 0.1) is 0 Å². The summed E-state index contributed by atoms with van der Waals surface area (Å²) in [5.74, 6) is 0.881. The molecule has 0 saturated carbocycles. The number of hydrogen-bond acceptors (Lipinski definition) is 4. The zero-order valence-corrected chi connectivity index (χ0v) is 14.0. The lowest BCUT2D eigenvalue weighted by Crippen LogP contribution is -2.23. The molecule has 0 radical (unpaired) electrons. The zero-order chi connectivity index (χ0) is 17.1. The average molecular weight is 346 g/mol. The number of ether oxygens (including phenoxy) is 2. The fourth-order valence-electron chi connectivity index (χ4n) is 2.31. The van der Waals surface area contributed by atoms with E-state index in [1.165, 1.54) is 14.2 Å². The Labute approximate surface area is 144 Å². The van der Waals surface area contributed by atoms with E-state index in [4.69, 9.17) is 21.1 Å². The molecule has 2 heterocycles. The molecular weight excluding hydrogens is 330 g/mol. The summed E-state index contributed by atoms with van der Waals surface area (Å²) in [4.78, 5) is 16.8. The summed E-state index contributed by atoms with van der Waals surface area (Å²) >= 11 is 5.95. The van der Waals surface area contributed by atoms with Crippen molar-refractivity contribution in [2.75, 3.05) is 14.2 Å². The number of aromatic nitrogens is 2. The molecule has 0 aliphatic rings. The van der Waals surface area contributed by atoms with Gasteiger partial charge >= 0.3 is 0 Å². The van der Waals surface area contributed by atoms with Crippen LogP contribution in [0.25, 0.3) is 5.65 Å². The molecule has 0 aliphatic carbocycles. The Bertz CT molecular complexity index is 870. The molecule has 1 aromatic carbocycles. The highest BCUT2D eigenvalue weighted by Crippen LogP contribution is 2.22. The summed E-state index contributed by atoms with van der Waals surface area (Å²) in [6.45, 7) is 0.303. The number of nitrogens with zero attached hydrogens (tertiary/aromatic N) is 2. The predicted octanol–water partition coefficient (Wildman–Crippen LogP) is 2.93. The summed E-state index contributed by atoms with van der Waals surface area (Å²) in [5, 5.41) is 3.46. The molecule has 3 aromatic rings. The molecule has 24 heavy (non-hydrogen) atoms. The van der Waals surface area contributed by atoms with Gasteiger partial charge in [0.1, 0.15) is 17.1 Å². The lowest BCUT2D eigenvalue weighted by atomic mass is 10.2. The molecule has 0 fully saturated rings. The van der Waals surface area contributed by atoms with Crippen LogP contribution in [0.5, 0.6) is 11.5 Å². The van der Waals surface area contributed by atoms with E-state index in [9.17, 15) is 4.79 Å². The van der Waals surface area contributed by atoms with Crippen LogP contribution >= 0.6 is 11.6 Å². The van der Waals surface area contributed by atoms with Crippen LogP contribution in [0.3, 0.4) is 0 Å². The summed E-state index contributed by atoms with van der Waals surface area (Å²) < 4.78 is 12.2. The Kier molecular flexibility index (Phi) is 4.57. The number of methoxy groups -OCH3 is 2. The predicted molar refractivity (Wildman–Crippen MR) is 90.9 cm³/mol. The molecule has 6 nitrogen and oxygen atoms in total. The van der Waals surface area contributed by atoms with Gasteiger partial charge in [-0.1, -0.05) is 11.6 Å². The van der Waals surface area contributed by atoms with Crippen molar-refractivity contribution in [3.63, 3.8) is 0 Å². The van der Waals surface area contributed by atoms with Gasteiger partial charge in [-0.3, -0.25) is 4.79 Å². The maximum absolute atomic E-state index is 12.3. The first-order valence-electron chi connectivity index (χ1n) is 7.23. The molecule has 0 unspecified atom stereocenters. The fourth-order valence-corrected chi connectivity index (χ4v) is 2.48. The number of nitrogens with one attached hydrogen (secondary N) is 1. The topological polar surface area (TPSA) is 64.9 Å². The Balaban J connectivity index is 1.74. The van der Waals surface area contributed by atoms with Gasteiger partial charge in [-0.15, -0.1) is 0 Å². The molecule has 2 aromatic heterocycles. The van der Waals surface area contributed by atoms with Gasteiger partial charge in [0.05, 0.1) is 31.5 Å². The zero-order valence-electron chi connectivity index (χ0n) is 13.2. The third-order valence-corrected chi connectivity index (χ3v) is 3.73. The van der Waals surface area contributed by atoms with E-state index in [-0.39, 0.29) is 5.91 Å². The van der Waals surface area contributed by atoms with E-state index in [0.717, 1.165) is 11.3 Å². The Morgan fingerprint density at radius 2 is 1.88 bits per heavy atom. The van der Waals surface area contributed by atoms with Crippen molar-refractivity contribution in [2.45, 2.75) is 6.54 Å². The number of rotatable bonds is 5. The van der Waals surface area contributed by atoms with E-state index in [1.54, 1.807) is 30.5 Å². The summed E-state index contributed by atoms with van der Waals surface area (Å²) in [6.07, 6.45) is 3.59. The number of imidazole rings is 1. The molecule has 1 amide bonds. The molecule has 3 rings (SSSR count). The summed E-state index contributed by atoms with van der Waals surface area (Å²) in [7, 11) is 3.08. The van der Waals surface area contributed by atoms with Crippen molar-refractivity contribution >= 4 is 23.2 Å². The Morgan fingerprint density at radius 1 is 1.17 bits per heavy atom. The van der Waals surface area contributed by atoms with Gasteiger partial charge in [-0.25, -0.2) is 4.98 Å². The van der Waals surface area contributed by atoms with E-state index >= 15 is 0 Å². The minimum absolute atomic E-state index is 0.234. The second-order valence-corrected chi connectivity index (χ2v) is 5.57. The molecule has 7 heteroatoms. The first-order valence-corrected chi connectivity index (χ1v) is 7.61. The quantitative estimate of drug-likeness (QED) is 0.772. The number of fused-ring (bicyclic) bond motifs is 1. The van der Waals surface area contributed by atoms with Crippen molar-refractivity contribution in [1.29, 1.82) is 0 Å². The smallest absolute Gasteiger partial charge is 0.251 e. The van der Waals surface area contributed by atoms with Gasteiger partial charge in [-0.2, -0.15) is 0 Å². The van der Waals surface area contributed by atoms with Crippen LogP contribution in [-0.4, -0.2) is 29.5 Å². The minimum atomic E-state index is -0.234. The van der Waals surface area contributed by atoms with Crippen LogP contribution in [0.15, 0.2) is 42.7 Å². The molecule has 0 spiro atoms. The first-order chi connectivity index (χ1) is 11.6. The van der Waals surface area contributed by atoms with Gasteiger partial charge in [0, 0.05) is 24.0 Å². The summed E-state index contributed by atoms with van der Waals surface area (Å²) in [5.41, 5.74) is 1.96. The van der Waals surface area contributed by atoms with Gasteiger partial charge < -0.3 is 19.2 Å². The maximum Gasteiger partial charge on any atom is 0.251 e. The molecular formula is C17H16ClN3O3. The Morgan fingerprint density at radius 3 is 2.54 bits per heavy atom. The van der Waals surface area contributed by atoms with Gasteiger partial charge in [0.15, 0.2) is 0 Å². The number of halogens is 1. The van der Waals surface area contributed by atoms with Gasteiger partial charge in [0.2, 0.25) is 0 Å². The molecule has 0 aliphatic heterocycles. The highest BCUT2D eigenvalue weighted by Gasteiger charge is 2.11. The van der Waals surface area contributed by atoms with Crippen molar-refractivity contribution in [3.05, 3.63) is 59.0 Å². The number of hydrogen-bond donors (Lipinski definition) is 1. The minimum Gasteiger partial charge on any atom is -0.497 e. The van der Waals surface area contributed by atoms with Crippen molar-refractivity contribution < 1.29 is 14.3 Å². The van der Waals surface area contributed by atoms with Gasteiger partial charge in [-0.05, 0) is 24.3 Å². The normalized spacial score (nSPS) is 10.6. The maximum atomic E-state index is 12.3. The van der Waals surface area contributed by atoms with Crippen molar-refractivity contribution in [2.24, 2.45) is 0 Å². The third-order valence-electron chi connectivity index (χ3n) is 3.51. The first kappa shape index (κ1) is 16.1. The molecule has 124 valence electrons. The lowest BCUT2D eigenvalue weighted by Gasteiger charge is -2.08. The van der Waals surface area contributed by atoms with Crippen LogP contribution in [0.1, 0.15) is 16.1 Å². The second-order valence-electron chi connectivity index (χ2n) is 5.13. The SMILES string of the molecule is COc1cc(OC)cc(C(=O)NCc2cn3cc(Cl)ccc3n2)c1.